The summed E-state index contributed by atoms with van der Waals surface area (Å²) in [5.74, 6) is 1.78. The molecule has 1 aliphatic rings. The molecule has 6 nitrogen and oxygen atoms in total. The van der Waals surface area contributed by atoms with Gasteiger partial charge >= 0.3 is 0 Å². The molecule has 148 valence electrons. The predicted octanol–water partition coefficient (Wildman–Crippen LogP) is 5.11. The number of para-hydroxylation sites is 3. The zero-order valence-electron chi connectivity index (χ0n) is 16.9. The number of methoxy groups -OCH3 is 1. The standard InChI is InChI=1S/C23H24N4O2/c1-14-8-6-9-15(2)21(14)26-22-20-17(11-7-12-18(20)28)25-23(27-22)24-16-10-4-5-13-19(16)29-3/h4-6,8-10,13H,7,11-12H2,1-3H3,(H2,24,25,26,27). The van der Waals surface area contributed by atoms with Gasteiger partial charge < -0.3 is 15.4 Å². The van der Waals surface area contributed by atoms with Crippen LogP contribution >= 0.6 is 0 Å². The lowest BCUT2D eigenvalue weighted by Gasteiger charge is -2.21. The van der Waals surface area contributed by atoms with Crippen molar-refractivity contribution >= 4 is 28.9 Å². The van der Waals surface area contributed by atoms with Crippen molar-refractivity contribution < 1.29 is 9.53 Å². The third-order valence-electron chi connectivity index (χ3n) is 5.16. The molecule has 29 heavy (non-hydrogen) atoms. The van der Waals surface area contributed by atoms with Gasteiger partial charge in [0.2, 0.25) is 5.95 Å². The van der Waals surface area contributed by atoms with Gasteiger partial charge in [-0.25, -0.2) is 4.98 Å². The van der Waals surface area contributed by atoms with E-state index in [0.717, 1.165) is 41.0 Å². The maximum absolute atomic E-state index is 12.7. The molecule has 1 aliphatic carbocycles. The topological polar surface area (TPSA) is 76.1 Å². The van der Waals surface area contributed by atoms with Crippen LogP contribution in [0.1, 0.15) is 40.0 Å². The van der Waals surface area contributed by atoms with Crippen LogP contribution in [0.2, 0.25) is 0 Å². The Bertz CT molecular complexity index is 1060. The molecule has 0 radical (unpaired) electrons. The van der Waals surface area contributed by atoms with E-state index < -0.39 is 0 Å². The van der Waals surface area contributed by atoms with Crippen molar-refractivity contribution in [2.45, 2.75) is 33.1 Å². The number of nitrogens with zero attached hydrogens (tertiary/aromatic N) is 2. The third-order valence-corrected chi connectivity index (χ3v) is 5.16. The van der Waals surface area contributed by atoms with E-state index in [1.807, 2.05) is 56.3 Å². The number of ketones is 1. The van der Waals surface area contributed by atoms with E-state index in [4.69, 9.17) is 4.74 Å². The van der Waals surface area contributed by atoms with E-state index in [2.05, 4.69) is 20.6 Å². The molecule has 0 saturated heterocycles. The number of anilines is 4. The van der Waals surface area contributed by atoms with Gasteiger partial charge in [-0.2, -0.15) is 4.98 Å². The van der Waals surface area contributed by atoms with Crippen LogP contribution in [0, 0.1) is 13.8 Å². The number of aryl methyl sites for hydroxylation is 3. The van der Waals surface area contributed by atoms with Gasteiger partial charge in [0.1, 0.15) is 11.6 Å². The molecule has 0 fully saturated rings. The second-order valence-corrected chi connectivity index (χ2v) is 7.21. The zero-order valence-corrected chi connectivity index (χ0v) is 16.9. The molecule has 0 unspecified atom stereocenters. The Labute approximate surface area is 170 Å². The molecule has 0 saturated carbocycles. The van der Waals surface area contributed by atoms with Crippen LogP contribution in [0.5, 0.6) is 5.75 Å². The number of Topliss-reactive ketones (excluding diaryl/α,β-unsaturated/α-hetero) is 1. The summed E-state index contributed by atoms with van der Waals surface area (Å²) in [7, 11) is 1.63. The van der Waals surface area contributed by atoms with Crippen molar-refractivity contribution in [1.29, 1.82) is 0 Å². The number of carbonyl (C=O) groups is 1. The molecule has 0 spiro atoms. The summed E-state index contributed by atoms with van der Waals surface area (Å²) in [6, 6.07) is 13.7. The van der Waals surface area contributed by atoms with Gasteiger partial charge in [-0.15, -0.1) is 0 Å². The van der Waals surface area contributed by atoms with E-state index in [9.17, 15) is 4.79 Å². The van der Waals surface area contributed by atoms with Crippen LogP contribution < -0.4 is 15.4 Å². The van der Waals surface area contributed by atoms with E-state index in [0.29, 0.717) is 29.5 Å². The molecular weight excluding hydrogens is 364 g/mol. The Morgan fingerprint density at radius 1 is 0.931 bits per heavy atom. The van der Waals surface area contributed by atoms with Crippen molar-refractivity contribution in [2.24, 2.45) is 0 Å². The highest BCUT2D eigenvalue weighted by molar-refractivity contribution is 6.03. The van der Waals surface area contributed by atoms with E-state index >= 15 is 0 Å². The summed E-state index contributed by atoms with van der Waals surface area (Å²) in [6.07, 6.45) is 2.09. The quantitative estimate of drug-likeness (QED) is 0.633. The highest BCUT2D eigenvalue weighted by atomic mass is 16.5. The number of carbonyl (C=O) groups excluding carboxylic acids is 1. The summed E-state index contributed by atoms with van der Waals surface area (Å²) >= 11 is 0. The molecule has 2 N–H and O–H groups in total. The number of hydrogen-bond donors (Lipinski definition) is 2. The number of benzene rings is 2. The maximum Gasteiger partial charge on any atom is 0.229 e. The number of ether oxygens (including phenoxy) is 1. The van der Waals surface area contributed by atoms with Crippen LogP contribution in [-0.2, 0) is 6.42 Å². The van der Waals surface area contributed by atoms with E-state index in [-0.39, 0.29) is 5.78 Å². The van der Waals surface area contributed by atoms with Crippen LogP contribution in [-0.4, -0.2) is 22.9 Å². The fourth-order valence-electron chi connectivity index (χ4n) is 3.67. The molecule has 0 aliphatic heterocycles. The number of fused-ring (bicyclic) bond motifs is 1. The highest BCUT2D eigenvalue weighted by Gasteiger charge is 2.25. The molecule has 0 atom stereocenters. The first-order valence-corrected chi connectivity index (χ1v) is 9.74. The first-order chi connectivity index (χ1) is 14.1. The average molecular weight is 388 g/mol. The van der Waals surface area contributed by atoms with Gasteiger partial charge in [0.25, 0.3) is 0 Å². The Morgan fingerprint density at radius 2 is 1.69 bits per heavy atom. The lowest BCUT2D eigenvalue weighted by atomic mass is 9.95. The first kappa shape index (κ1) is 18.9. The minimum Gasteiger partial charge on any atom is -0.495 e. The minimum absolute atomic E-state index is 0.0869. The smallest absolute Gasteiger partial charge is 0.229 e. The van der Waals surface area contributed by atoms with Crippen LogP contribution in [0.15, 0.2) is 42.5 Å². The minimum atomic E-state index is 0.0869. The van der Waals surface area contributed by atoms with Crippen LogP contribution in [0.3, 0.4) is 0 Å². The fourth-order valence-corrected chi connectivity index (χ4v) is 3.67. The predicted molar refractivity (Wildman–Crippen MR) is 115 cm³/mol. The normalized spacial score (nSPS) is 13.0. The SMILES string of the molecule is COc1ccccc1Nc1nc2c(c(Nc3c(C)cccc3C)n1)C(=O)CCC2. The Kier molecular flexibility index (Phi) is 5.16. The molecule has 1 aromatic heterocycles. The second-order valence-electron chi connectivity index (χ2n) is 7.21. The average Bonchev–Trinajstić information content (AvgIpc) is 2.71. The summed E-state index contributed by atoms with van der Waals surface area (Å²) in [4.78, 5) is 22.0. The zero-order chi connectivity index (χ0) is 20.4. The summed E-state index contributed by atoms with van der Waals surface area (Å²) in [6.45, 7) is 4.08. The summed E-state index contributed by atoms with van der Waals surface area (Å²) in [5.41, 5.74) is 5.32. The van der Waals surface area contributed by atoms with Crippen molar-refractivity contribution in [1.82, 2.24) is 9.97 Å². The van der Waals surface area contributed by atoms with Crippen molar-refractivity contribution in [2.75, 3.05) is 17.7 Å². The number of nitrogens with one attached hydrogen (secondary N) is 2. The Morgan fingerprint density at radius 3 is 2.45 bits per heavy atom. The molecular formula is C23H24N4O2. The molecule has 0 bridgehead atoms. The monoisotopic (exact) mass is 388 g/mol. The lowest BCUT2D eigenvalue weighted by Crippen LogP contribution is -2.18. The number of rotatable bonds is 5. The molecule has 3 aromatic rings. The first-order valence-electron chi connectivity index (χ1n) is 9.74. The fraction of sp³-hybridized carbons (Fsp3) is 0.261. The second kappa shape index (κ2) is 7.91. The van der Waals surface area contributed by atoms with Crippen molar-refractivity contribution in [3.8, 4) is 5.75 Å². The maximum atomic E-state index is 12.7. The molecule has 4 rings (SSSR count). The Balaban J connectivity index is 1.79. The summed E-state index contributed by atoms with van der Waals surface area (Å²) < 4.78 is 5.42. The van der Waals surface area contributed by atoms with E-state index in [1.54, 1.807) is 7.11 Å². The highest BCUT2D eigenvalue weighted by Crippen LogP contribution is 2.33. The summed E-state index contributed by atoms with van der Waals surface area (Å²) in [5, 5.41) is 6.66. The lowest BCUT2D eigenvalue weighted by molar-refractivity contribution is 0.0972. The third kappa shape index (κ3) is 3.78. The Hall–Kier alpha value is -3.41. The van der Waals surface area contributed by atoms with Gasteiger partial charge in [0.05, 0.1) is 24.1 Å². The number of hydrogen-bond acceptors (Lipinski definition) is 6. The molecule has 6 heteroatoms. The molecule has 1 heterocycles. The molecule has 2 aromatic carbocycles. The van der Waals surface area contributed by atoms with Gasteiger partial charge in [0, 0.05) is 12.1 Å². The molecule has 0 amide bonds. The van der Waals surface area contributed by atoms with Gasteiger partial charge in [0.15, 0.2) is 5.78 Å². The largest absolute Gasteiger partial charge is 0.495 e. The van der Waals surface area contributed by atoms with Crippen LogP contribution in [0.4, 0.5) is 23.1 Å². The van der Waals surface area contributed by atoms with Gasteiger partial charge in [-0.1, -0.05) is 30.3 Å². The van der Waals surface area contributed by atoms with Crippen molar-refractivity contribution in [3.63, 3.8) is 0 Å². The van der Waals surface area contributed by atoms with Crippen molar-refractivity contribution in [3.05, 3.63) is 64.8 Å². The van der Waals surface area contributed by atoms with E-state index in [1.165, 1.54) is 0 Å². The van der Waals surface area contributed by atoms with Gasteiger partial charge in [-0.3, -0.25) is 4.79 Å². The number of aromatic nitrogens is 2. The van der Waals surface area contributed by atoms with Crippen LogP contribution in [0.25, 0.3) is 0 Å². The van der Waals surface area contributed by atoms with Gasteiger partial charge in [-0.05, 0) is 49.9 Å².